The SMILES string of the molecule is CC1CN(c2ncccn2)CCN1.CC1CN(c2ncccn2)CCN1C(=O)C#Cc1ccccc1.CC1CNCCN1.CCN(CC)CC.ClC(Cl)Cl.Clc1ncccn1.O.O=C(O)C#Cc1ccccc1. The normalized spacial score (nSPS) is 16.3. The molecule has 0 saturated carbocycles. The molecule has 3 aliphatic rings. The van der Waals surface area contributed by atoms with Gasteiger partial charge in [0.25, 0.3) is 5.91 Å². The standard InChI is InChI=1S/C18H18N4O.C9H14N4.C9H6O2.C6H15N.C5H12N2.C4H3ClN2.CHCl3.H2O/c1-15-14-21(18-19-10-5-11-20-18)12-13-22(15)17(23)9-8-16-6-3-2-4-7-16;1-8-7-13(6-5-10-8)9-11-3-2-4-12-9;10-9(11)7-6-8-4-2-1-3-5-8;1-4-7(5-2)6-3;1-5-4-6-2-3-7-5;5-4-6-2-1-3-7-4;2-1(3)4;/h2-7,10-11,15H,12-14H2,1H3;2-4,8,10H,5-7H2,1H3;1-5H,(H,10,11);4-6H2,1-3H3;5-7H,2-4H2,1H3;1-3H;1H;1H2. The number of benzene rings is 2. The molecule has 73 heavy (non-hydrogen) atoms. The van der Waals surface area contributed by atoms with Crippen LogP contribution in [0.25, 0.3) is 0 Å². The maximum absolute atomic E-state index is 12.3. The highest BCUT2D eigenvalue weighted by molar-refractivity contribution is 6.63. The highest BCUT2D eigenvalue weighted by Gasteiger charge is 2.27. The molecule has 5 aromatic rings. The van der Waals surface area contributed by atoms with E-state index in [2.05, 4.69) is 113 Å². The summed E-state index contributed by atoms with van der Waals surface area (Å²) in [6.07, 6.45) is 10.2. The lowest BCUT2D eigenvalue weighted by Crippen LogP contribution is -2.54. The Morgan fingerprint density at radius 3 is 1.45 bits per heavy atom. The number of alkyl halides is 3. The van der Waals surface area contributed by atoms with Gasteiger partial charge in [-0.2, -0.15) is 0 Å². The molecule has 0 bridgehead atoms. The number of piperazine rings is 3. The first-order chi connectivity index (χ1) is 34.8. The fourth-order valence-corrected chi connectivity index (χ4v) is 6.69. The van der Waals surface area contributed by atoms with Crippen LogP contribution < -0.4 is 25.8 Å². The number of amides is 1. The van der Waals surface area contributed by atoms with Gasteiger partial charge in [-0.15, -0.1) is 0 Å². The van der Waals surface area contributed by atoms with Crippen LogP contribution in [-0.4, -0.2) is 163 Å². The molecule has 2 aromatic carbocycles. The Labute approximate surface area is 452 Å². The van der Waals surface area contributed by atoms with Crippen LogP contribution in [-0.2, 0) is 9.59 Å². The maximum atomic E-state index is 12.3. The first kappa shape index (κ1) is 65.3. The maximum Gasteiger partial charge on any atom is 0.382 e. The van der Waals surface area contributed by atoms with Crippen LogP contribution in [0.2, 0.25) is 5.28 Å². The number of anilines is 2. The third-order valence-electron chi connectivity index (χ3n) is 10.2. The average Bonchev–Trinajstić information content (AvgIpc) is 3.40. The Hall–Kier alpha value is -5.70. The minimum Gasteiger partial charge on any atom is -0.472 e. The van der Waals surface area contributed by atoms with Crippen molar-refractivity contribution in [1.82, 2.24) is 55.7 Å². The number of carbonyl (C=O) groups is 2. The van der Waals surface area contributed by atoms with Crippen LogP contribution in [0.3, 0.4) is 0 Å². The Kier molecular flexibility index (Phi) is 36.5. The van der Waals surface area contributed by atoms with Crippen LogP contribution in [0.1, 0.15) is 52.7 Å². The van der Waals surface area contributed by atoms with E-state index in [-0.39, 0.29) is 17.4 Å². The summed E-state index contributed by atoms with van der Waals surface area (Å²) in [5, 5.41) is 18.5. The zero-order chi connectivity index (χ0) is 52.8. The predicted octanol–water partition coefficient (Wildman–Crippen LogP) is 6.17. The summed E-state index contributed by atoms with van der Waals surface area (Å²) in [5.74, 6) is 10.5. The summed E-state index contributed by atoms with van der Waals surface area (Å²) in [7, 11) is 0. The van der Waals surface area contributed by atoms with Crippen LogP contribution >= 0.6 is 46.4 Å². The number of hydrogen-bond acceptors (Lipinski definition) is 14. The molecule has 17 nitrogen and oxygen atoms in total. The zero-order valence-electron chi connectivity index (χ0n) is 42.5. The molecular formula is C52H71Cl4N13O4. The van der Waals surface area contributed by atoms with E-state index >= 15 is 0 Å². The molecule has 21 heteroatoms. The lowest BCUT2D eigenvalue weighted by atomic mass is 10.2. The second kappa shape index (κ2) is 40.7. The molecule has 0 spiro atoms. The van der Waals surface area contributed by atoms with Crippen molar-refractivity contribution in [3.05, 3.63) is 132 Å². The molecule has 396 valence electrons. The lowest BCUT2D eigenvalue weighted by molar-refractivity contribution is -0.130. The second-order valence-corrected chi connectivity index (χ2v) is 18.0. The van der Waals surface area contributed by atoms with Crippen molar-refractivity contribution < 1.29 is 20.2 Å². The fourth-order valence-electron chi connectivity index (χ4n) is 6.58. The number of carbonyl (C=O) groups excluding carboxylic acids is 1. The molecule has 6 N–H and O–H groups in total. The van der Waals surface area contributed by atoms with Crippen molar-refractivity contribution >= 4 is 70.2 Å². The summed E-state index contributed by atoms with van der Waals surface area (Å²) in [4.78, 5) is 55.1. The molecule has 6 heterocycles. The minimum atomic E-state index is -1.10. The Balaban J connectivity index is 0.000000459. The topological polar surface area (TPSA) is 212 Å². The van der Waals surface area contributed by atoms with E-state index in [1.54, 1.807) is 61.4 Å². The van der Waals surface area contributed by atoms with Gasteiger partial charge in [-0.1, -0.05) is 104 Å². The van der Waals surface area contributed by atoms with Crippen molar-refractivity contribution in [3.8, 4) is 23.7 Å². The Morgan fingerprint density at radius 2 is 1.10 bits per heavy atom. The number of rotatable bonds is 5. The van der Waals surface area contributed by atoms with Gasteiger partial charge in [0.1, 0.15) is 0 Å². The molecule has 3 atom stereocenters. The molecule has 1 amide bonds. The zero-order valence-corrected chi connectivity index (χ0v) is 45.5. The van der Waals surface area contributed by atoms with Crippen LogP contribution in [0.5, 0.6) is 0 Å². The minimum absolute atomic E-state index is 0. The number of nitrogens with zero attached hydrogens (tertiary/aromatic N) is 10. The smallest absolute Gasteiger partial charge is 0.382 e. The molecule has 0 aliphatic carbocycles. The average molecular weight is 1080 g/mol. The van der Waals surface area contributed by atoms with Gasteiger partial charge in [0, 0.05) is 137 Å². The van der Waals surface area contributed by atoms with Gasteiger partial charge < -0.3 is 46.1 Å². The highest BCUT2D eigenvalue weighted by atomic mass is 35.6. The van der Waals surface area contributed by atoms with Gasteiger partial charge in [-0.05, 0) is 94.5 Å². The van der Waals surface area contributed by atoms with E-state index in [4.69, 9.17) is 51.5 Å². The van der Waals surface area contributed by atoms with Crippen LogP contribution in [0.4, 0.5) is 11.9 Å². The molecule has 8 rings (SSSR count). The van der Waals surface area contributed by atoms with E-state index in [0.29, 0.717) is 42.9 Å². The number of nitrogens with one attached hydrogen (secondary N) is 3. The molecule has 3 unspecified atom stereocenters. The summed E-state index contributed by atoms with van der Waals surface area (Å²) in [6.45, 7) is 24.9. The summed E-state index contributed by atoms with van der Waals surface area (Å²) in [6, 6.07) is 25.2. The first-order valence-corrected chi connectivity index (χ1v) is 25.4. The molecule has 0 radical (unpaired) electrons. The van der Waals surface area contributed by atoms with Gasteiger partial charge >= 0.3 is 5.97 Å². The molecule has 3 aliphatic heterocycles. The van der Waals surface area contributed by atoms with Crippen molar-refractivity contribution in [2.75, 3.05) is 88.3 Å². The number of aromatic nitrogens is 6. The highest BCUT2D eigenvalue weighted by Crippen LogP contribution is 2.15. The van der Waals surface area contributed by atoms with Crippen molar-refractivity contribution in [2.24, 2.45) is 0 Å². The Bertz CT molecular complexity index is 2280. The van der Waals surface area contributed by atoms with E-state index in [1.165, 1.54) is 19.6 Å². The van der Waals surface area contributed by atoms with Crippen LogP contribution in [0.15, 0.2) is 116 Å². The van der Waals surface area contributed by atoms with Gasteiger partial charge in [0.05, 0.1) is 0 Å². The molecular weight excluding hydrogens is 1010 g/mol. The second-order valence-electron chi connectivity index (χ2n) is 15.7. The monoisotopic (exact) mass is 1080 g/mol. The summed E-state index contributed by atoms with van der Waals surface area (Å²) in [5.41, 5.74) is 1.57. The predicted molar refractivity (Wildman–Crippen MR) is 297 cm³/mol. The number of carboxylic acid groups (broad SMARTS) is 1. The third kappa shape index (κ3) is 31.5. The Morgan fingerprint density at radius 1 is 0.644 bits per heavy atom. The number of hydrogen-bond donors (Lipinski definition) is 4. The van der Waals surface area contributed by atoms with Crippen LogP contribution in [0, 0.1) is 23.7 Å². The molecule has 3 saturated heterocycles. The number of aliphatic carboxylic acids is 1. The van der Waals surface area contributed by atoms with E-state index < -0.39 is 10.3 Å². The van der Waals surface area contributed by atoms with E-state index in [1.807, 2.05) is 72.3 Å². The largest absolute Gasteiger partial charge is 0.472 e. The van der Waals surface area contributed by atoms with Gasteiger partial charge in [0.15, 0.2) is 4.30 Å². The molecule has 3 fully saturated rings. The van der Waals surface area contributed by atoms with E-state index in [0.717, 1.165) is 56.3 Å². The van der Waals surface area contributed by atoms with Crippen molar-refractivity contribution in [2.45, 2.75) is 64.0 Å². The number of halogens is 4. The number of carboxylic acids is 1. The van der Waals surface area contributed by atoms with Gasteiger partial charge in [-0.3, -0.25) is 4.79 Å². The quantitative estimate of drug-likeness (QED) is 0.0881. The summed E-state index contributed by atoms with van der Waals surface area (Å²) < 4.78 is -0.750. The first-order valence-electron chi connectivity index (χ1n) is 23.7. The molecule has 3 aromatic heterocycles. The van der Waals surface area contributed by atoms with Gasteiger partial charge in [0.2, 0.25) is 17.2 Å². The fraction of sp³-hybridized carbons (Fsp3) is 0.423. The lowest BCUT2D eigenvalue weighted by Gasteiger charge is -2.38. The summed E-state index contributed by atoms with van der Waals surface area (Å²) >= 11 is 19.7. The van der Waals surface area contributed by atoms with Crippen molar-refractivity contribution in [1.29, 1.82) is 0 Å². The van der Waals surface area contributed by atoms with Gasteiger partial charge in [-0.25, -0.2) is 34.7 Å². The third-order valence-corrected chi connectivity index (χ3v) is 10.4. The van der Waals surface area contributed by atoms with E-state index in [9.17, 15) is 9.59 Å². The van der Waals surface area contributed by atoms with Crippen molar-refractivity contribution in [3.63, 3.8) is 0 Å².